The summed E-state index contributed by atoms with van der Waals surface area (Å²) in [7, 11) is 0. The molecule has 1 amide bonds. The Morgan fingerprint density at radius 2 is 2.04 bits per heavy atom. The zero-order valence-electron chi connectivity index (χ0n) is 13.3. The molecule has 0 radical (unpaired) electrons. The summed E-state index contributed by atoms with van der Waals surface area (Å²) in [6, 6.07) is 5.91. The van der Waals surface area contributed by atoms with Crippen LogP contribution in [-0.4, -0.2) is 33.9 Å². The van der Waals surface area contributed by atoms with Crippen LogP contribution in [0.25, 0.3) is 0 Å². The first-order valence-corrected chi connectivity index (χ1v) is 9.00. The maximum Gasteiger partial charge on any atom is 0.234 e. The molecule has 6 nitrogen and oxygen atoms in total. The number of aromatic nitrogens is 1. The quantitative estimate of drug-likeness (QED) is 0.407. The first-order chi connectivity index (χ1) is 11.6. The number of carbonyl (C=O) groups excluding carboxylic acids is 2. The lowest BCUT2D eigenvalue weighted by Gasteiger charge is -2.43. The van der Waals surface area contributed by atoms with Gasteiger partial charge in [0.25, 0.3) is 0 Å². The smallest absolute Gasteiger partial charge is 0.234 e. The van der Waals surface area contributed by atoms with Crippen LogP contribution in [0.15, 0.2) is 41.2 Å². The van der Waals surface area contributed by atoms with Gasteiger partial charge in [0.2, 0.25) is 5.91 Å². The molecule has 24 heavy (non-hydrogen) atoms. The number of hydrogen-bond acceptors (Lipinski definition) is 5. The van der Waals surface area contributed by atoms with Crippen molar-refractivity contribution < 1.29 is 24.4 Å². The minimum atomic E-state index is -1.28. The van der Waals surface area contributed by atoms with Crippen molar-refractivity contribution in [2.45, 2.75) is 37.6 Å². The second kappa shape index (κ2) is 7.36. The van der Waals surface area contributed by atoms with Gasteiger partial charge in [0.15, 0.2) is 12.4 Å². The Morgan fingerprint density at radius 3 is 2.71 bits per heavy atom. The third-order valence-corrected chi connectivity index (χ3v) is 5.87. The van der Waals surface area contributed by atoms with Crippen molar-refractivity contribution in [3.63, 3.8) is 0 Å². The van der Waals surface area contributed by atoms with Gasteiger partial charge < -0.3 is 15.0 Å². The number of unbranched alkanes of at least 4 members (excludes halogenated alkanes) is 1. The molecule has 1 aromatic rings. The molecule has 0 unspecified atom stereocenters. The van der Waals surface area contributed by atoms with Gasteiger partial charge in [-0.05, 0) is 19.3 Å². The third-order valence-electron chi connectivity index (χ3n) is 4.40. The summed E-state index contributed by atoms with van der Waals surface area (Å²) in [4.78, 5) is 25.6. The highest BCUT2D eigenvalue weighted by atomic mass is 32.2. The number of rotatable bonds is 8. The van der Waals surface area contributed by atoms with Crippen molar-refractivity contribution >= 4 is 23.6 Å². The van der Waals surface area contributed by atoms with Crippen LogP contribution >= 0.6 is 11.8 Å². The lowest BCUT2D eigenvalue weighted by atomic mass is 9.94. The number of nitrogens with zero attached hydrogens (tertiary/aromatic N) is 2. The van der Waals surface area contributed by atoms with Gasteiger partial charge in [0.1, 0.15) is 6.54 Å². The second-order valence-electron chi connectivity index (χ2n) is 5.97. The molecule has 1 aromatic heterocycles. The molecule has 2 atom stereocenters. The Kier molecular flexibility index (Phi) is 5.20. The molecule has 0 bridgehead atoms. The second-order valence-corrected chi connectivity index (χ2v) is 7.18. The molecule has 0 aliphatic carbocycles. The number of β-lactam (4-membered cyclic amide) rings is 1. The number of fused-ring (bicyclic) bond motifs is 1. The van der Waals surface area contributed by atoms with E-state index in [9.17, 15) is 14.7 Å². The number of pyridine rings is 1. The van der Waals surface area contributed by atoms with E-state index >= 15 is 0 Å². The van der Waals surface area contributed by atoms with Crippen LogP contribution in [0, 0.1) is 5.92 Å². The molecule has 0 saturated carbocycles. The minimum Gasteiger partial charge on any atom is -0.543 e. The highest BCUT2D eigenvalue weighted by Crippen LogP contribution is 2.51. The predicted octanol–water partition coefficient (Wildman–Crippen LogP) is 0.0196. The molecule has 2 aliphatic rings. The van der Waals surface area contributed by atoms with Crippen LogP contribution in [0.1, 0.15) is 25.7 Å². The number of thioether (sulfide) groups is 1. The summed E-state index contributed by atoms with van der Waals surface area (Å²) in [5, 5.41) is 20.3. The van der Waals surface area contributed by atoms with Crippen LogP contribution in [0.4, 0.5) is 0 Å². The Bertz CT molecular complexity index is 662. The monoisotopic (exact) mass is 348 g/mol. The number of aliphatic carboxylic acids is 1. The Morgan fingerprint density at radius 1 is 1.29 bits per heavy atom. The van der Waals surface area contributed by atoms with Crippen molar-refractivity contribution in [2.75, 3.05) is 6.61 Å². The number of carboxylic acid groups (broad SMARTS) is 1. The SMILES string of the molecule is O=C([O-])C1=C(CCCC[n+]2ccccc2)S[C@@H]2[C@@H](CCO)C(=O)N12. The summed E-state index contributed by atoms with van der Waals surface area (Å²) in [5.74, 6) is -1.78. The number of aliphatic hydroxyl groups is 1. The Balaban J connectivity index is 1.58. The van der Waals surface area contributed by atoms with Crippen LogP contribution < -0.4 is 9.67 Å². The molecule has 3 rings (SSSR count). The van der Waals surface area contributed by atoms with E-state index in [2.05, 4.69) is 4.57 Å². The summed E-state index contributed by atoms with van der Waals surface area (Å²) in [6.45, 7) is 0.810. The van der Waals surface area contributed by atoms with Gasteiger partial charge in [-0.2, -0.15) is 0 Å². The lowest BCUT2D eigenvalue weighted by Crippen LogP contribution is -2.58. The summed E-state index contributed by atoms with van der Waals surface area (Å²) >= 11 is 1.44. The maximum absolute atomic E-state index is 12.1. The number of allylic oxidation sites excluding steroid dienone is 1. The fourth-order valence-corrected chi connectivity index (χ4v) is 4.77. The van der Waals surface area contributed by atoms with E-state index in [0.717, 1.165) is 24.3 Å². The molecule has 1 saturated heterocycles. The molecular weight excluding hydrogens is 328 g/mol. The number of aliphatic hydroxyl groups excluding tert-OH is 1. The number of hydrogen-bond donors (Lipinski definition) is 1. The summed E-state index contributed by atoms with van der Waals surface area (Å²) < 4.78 is 2.09. The van der Waals surface area contributed by atoms with Gasteiger partial charge in [0, 0.05) is 30.1 Å². The van der Waals surface area contributed by atoms with E-state index in [4.69, 9.17) is 5.11 Å². The van der Waals surface area contributed by atoms with Crippen LogP contribution in [0.3, 0.4) is 0 Å². The van der Waals surface area contributed by atoms with Gasteiger partial charge in [-0.1, -0.05) is 6.07 Å². The van der Waals surface area contributed by atoms with Crippen molar-refractivity contribution in [2.24, 2.45) is 5.92 Å². The van der Waals surface area contributed by atoms with Crippen molar-refractivity contribution in [1.82, 2.24) is 4.90 Å². The Labute approximate surface area is 144 Å². The molecule has 0 spiro atoms. The molecule has 2 aliphatic heterocycles. The predicted molar refractivity (Wildman–Crippen MR) is 85.9 cm³/mol. The highest BCUT2D eigenvalue weighted by molar-refractivity contribution is 8.04. The van der Waals surface area contributed by atoms with Gasteiger partial charge in [0.05, 0.1) is 23.0 Å². The van der Waals surface area contributed by atoms with E-state index in [1.165, 1.54) is 16.7 Å². The first-order valence-electron chi connectivity index (χ1n) is 8.12. The average molecular weight is 348 g/mol. The molecule has 0 aromatic carbocycles. The van der Waals surface area contributed by atoms with Crippen molar-refractivity contribution in [1.29, 1.82) is 0 Å². The molecule has 1 fully saturated rings. The van der Waals surface area contributed by atoms with E-state index in [1.54, 1.807) is 0 Å². The summed E-state index contributed by atoms with van der Waals surface area (Å²) in [6.07, 6.45) is 6.79. The standard InChI is InChI=1S/C17H20N2O4S/c20-11-7-12-15(21)19-14(17(22)23)13(24-16(12)19)6-2-5-10-18-8-3-1-4-9-18/h1,3-4,8-9,12,16,20H,2,5-7,10-11H2/t12-,16+/m0/s1. The van der Waals surface area contributed by atoms with Gasteiger partial charge in [-0.25, -0.2) is 4.57 Å². The highest BCUT2D eigenvalue weighted by Gasteiger charge is 2.53. The van der Waals surface area contributed by atoms with Gasteiger partial charge in [-0.15, -0.1) is 11.8 Å². The third kappa shape index (κ3) is 3.18. The van der Waals surface area contributed by atoms with E-state index in [1.807, 2.05) is 30.6 Å². The number of carbonyl (C=O) groups is 2. The number of amides is 1. The normalized spacial score (nSPS) is 22.5. The van der Waals surface area contributed by atoms with Crippen LogP contribution in [0.2, 0.25) is 0 Å². The molecule has 7 heteroatoms. The number of carboxylic acids is 1. The average Bonchev–Trinajstić information content (AvgIpc) is 2.93. The Hall–Kier alpha value is -1.86. The minimum absolute atomic E-state index is 0.0385. The van der Waals surface area contributed by atoms with Crippen molar-refractivity contribution in [3.8, 4) is 0 Å². The zero-order valence-corrected chi connectivity index (χ0v) is 14.1. The van der Waals surface area contributed by atoms with Crippen LogP contribution in [0.5, 0.6) is 0 Å². The number of aryl methyl sites for hydroxylation is 1. The van der Waals surface area contributed by atoms with Crippen molar-refractivity contribution in [3.05, 3.63) is 41.2 Å². The molecule has 128 valence electrons. The molecule has 1 N–H and O–H groups in total. The topological polar surface area (TPSA) is 84.5 Å². The van der Waals surface area contributed by atoms with E-state index in [0.29, 0.717) is 12.8 Å². The fourth-order valence-electron chi connectivity index (χ4n) is 3.19. The maximum atomic E-state index is 12.1. The molecular formula is C17H20N2O4S. The van der Waals surface area contributed by atoms with Gasteiger partial charge >= 0.3 is 0 Å². The summed E-state index contributed by atoms with van der Waals surface area (Å²) in [5.41, 5.74) is 0.0385. The van der Waals surface area contributed by atoms with E-state index < -0.39 is 5.97 Å². The van der Waals surface area contributed by atoms with Crippen LogP contribution in [-0.2, 0) is 16.1 Å². The lowest BCUT2D eigenvalue weighted by molar-refractivity contribution is -0.697. The molecule has 3 heterocycles. The van der Waals surface area contributed by atoms with Gasteiger partial charge in [-0.3, -0.25) is 9.69 Å². The zero-order chi connectivity index (χ0) is 17.1. The fraction of sp³-hybridized carbons (Fsp3) is 0.471. The largest absolute Gasteiger partial charge is 0.543 e. The first kappa shape index (κ1) is 17.0. The van der Waals surface area contributed by atoms with E-state index in [-0.39, 0.29) is 29.5 Å².